The fourth-order valence-corrected chi connectivity index (χ4v) is 2.71. The monoisotopic (exact) mass is 285 g/mol. The lowest BCUT2D eigenvalue weighted by Crippen LogP contribution is -2.36. The topological polar surface area (TPSA) is 85.8 Å². The van der Waals surface area contributed by atoms with Crippen LogP contribution in [0.4, 0.5) is 5.82 Å². The summed E-state index contributed by atoms with van der Waals surface area (Å²) in [7, 11) is 0. The van der Waals surface area contributed by atoms with Gasteiger partial charge < -0.3 is 11.1 Å². The van der Waals surface area contributed by atoms with Crippen molar-refractivity contribution in [2.45, 2.75) is 38.1 Å². The van der Waals surface area contributed by atoms with Crippen LogP contribution >= 0.6 is 0 Å². The molecule has 3 rings (SSSR count). The molecule has 1 amide bonds. The SMILES string of the molecule is Nc1c(C(=O)NC2CCCCC2)nnn1-c1ccccc1. The minimum Gasteiger partial charge on any atom is -0.382 e. The first-order valence-electron chi connectivity index (χ1n) is 7.33. The summed E-state index contributed by atoms with van der Waals surface area (Å²) >= 11 is 0. The van der Waals surface area contributed by atoms with E-state index >= 15 is 0 Å². The van der Waals surface area contributed by atoms with Crippen LogP contribution in [0.3, 0.4) is 0 Å². The molecule has 0 bridgehead atoms. The molecule has 1 aliphatic rings. The van der Waals surface area contributed by atoms with Crippen molar-refractivity contribution in [3.63, 3.8) is 0 Å². The lowest BCUT2D eigenvalue weighted by atomic mass is 9.95. The molecule has 1 saturated carbocycles. The van der Waals surface area contributed by atoms with Gasteiger partial charge in [0.1, 0.15) is 0 Å². The van der Waals surface area contributed by atoms with Crippen molar-refractivity contribution >= 4 is 11.7 Å². The van der Waals surface area contributed by atoms with Crippen LogP contribution in [-0.4, -0.2) is 26.9 Å². The number of nitrogens with zero attached hydrogens (tertiary/aromatic N) is 3. The highest BCUT2D eigenvalue weighted by Gasteiger charge is 2.22. The molecule has 1 aliphatic carbocycles. The Morgan fingerprint density at radius 2 is 1.90 bits per heavy atom. The van der Waals surface area contributed by atoms with E-state index in [4.69, 9.17) is 5.73 Å². The highest BCUT2D eigenvalue weighted by Crippen LogP contribution is 2.19. The van der Waals surface area contributed by atoms with Gasteiger partial charge in [0, 0.05) is 6.04 Å². The molecule has 1 aromatic carbocycles. The number of anilines is 1. The summed E-state index contributed by atoms with van der Waals surface area (Å²) in [5.41, 5.74) is 7.01. The standard InChI is InChI=1S/C15H19N5O/c16-14-13(15(21)17-11-7-3-1-4-8-11)18-19-20(14)12-9-5-2-6-10-12/h2,5-6,9-11H,1,3-4,7-8,16H2,(H,17,21). The number of aromatic nitrogens is 3. The molecular formula is C15H19N5O. The maximum absolute atomic E-state index is 12.3. The number of nitrogens with two attached hydrogens (primary N) is 1. The third-order valence-electron chi connectivity index (χ3n) is 3.86. The van der Waals surface area contributed by atoms with Crippen molar-refractivity contribution in [1.29, 1.82) is 0 Å². The van der Waals surface area contributed by atoms with E-state index in [1.807, 2.05) is 30.3 Å². The number of hydrogen-bond acceptors (Lipinski definition) is 4. The molecule has 0 radical (unpaired) electrons. The smallest absolute Gasteiger partial charge is 0.275 e. The predicted molar refractivity (Wildman–Crippen MR) is 80.1 cm³/mol. The second-order valence-electron chi connectivity index (χ2n) is 5.38. The lowest BCUT2D eigenvalue weighted by Gasteiger charge is -2.22. The highest BCUT2D eigenvalue weighted by atomic mass is 16.2. The normalized spacial score (nSPS) is 15.8. The van der Waals surface area contributed by atoms with Crippen molar-refractivity contribution in [3.8, 4) is 5.69 Å². The van der Waals surface area contributed by atoms with Crippen molar-refractivity contribution in [2.24, 2.45) is 0 Å². The van der Waals surface area contributed by atoms with E-state index in [0.717, 1.165) is 31.4 Å². The van der Waals surface area contributed by atoms with Gasteiger partial charge in [-0.1, -0.05) is 42.7 Å². The van der Waals surface area contributed by atoms with E-state index in [2.05, 4.69) is 15.6 Å². The Bertz CT molecular complexity index is 616. The summed E-state index contributed by atoms with van der Waals surface area (Å²) in [4.78, 5) is 12.3. The average Bonchev–Trinajstić information content (AvgIpc) is 2.91. The highest BCUT2D eigenvalue weighted by molar-refractivity contribution is 5.96. The van der Waals surface area contributed by atoms with E-state index in [0.29, 0.717) is 0 Å². The molecule has 1 aromatic heterocycles. The molecule has 6 heteroatoms. The molecule has 0 atom stereocenters. The number of para-hydroxylation sites is 1. The van der Waals surface area contributed by atoms with Gasteiger partial charge in [-0.25, -0.2) is 0 Å². The molecule has 0 saturated heterocycles. The molecule has 110 valence electrons. The van der Waals surface area contributed by atoms with Crippen molar-refractivity contribution in [3.05, 3.63) is 36.0 Å². The van der Waals surface area contributed by atoms with E-state index < -0.39 is 0 Å². The minimum absolute atomic E-state index is 0.199. The van der Waals surface area contributed by atoms with Gasteiger partial charge in [-0.2, -0.15) is 4.68 Å². The van der Waals surface area contributed by atoms with Crippen LogP contribution in [0, 0.1) is 0 Å². The van der Waals surface area contributed by atoms with Crippen LogP contribution < -0.4 is 11.1 Å². The van der Waals surface area contributed by atoms with Crippen LogP contribution in [0.15, 0.2) is 30.3 Å². The first-order chi connectivity index (χ1) is 10.3. The number of carbonyl (C=O) groups excluding carboxylic acids is 1. The summed E-state index contributed by atoms with van der Waals surface area (Å²) in [6.45, 7) is 0. The van der Waals surface area contributed by atoms with E-state index in [1.165, 1.54) is 11.1 Å². The zero-order valence-corrected chi connectivity index (χ0v) is 11.8. The van der Waals surface area contributed by atoms with Gasteiger partial charge in [-0.15, -0.1) is 5.10 Å². The molecule has 6 nitrogen and oxygen atoms in total. The van der Waals surface area contributed by atoms with E-state index in [9.17, 15) is 4.79 Å². The van der Waals surface area contributed by atoms with Crippen LogP contribution in [0.2, 0.25) is 0 Å². The van der Waals surface area contributed by atoms with Crippen LogP contribution in [0.5, 0.6) is 0 Å². The Labute approximate surface area is 123 Å². The fraction of sp³-hybridized carbons (Fsp3) is 0.400. The van der Waals surface area contributed by atoms with Crippen molar-refractivity contribution in [2.75, 3.05) is 5.73 Å². The number of nitrogen functional groups attached to an aromatic ring is 1. The summed E-state index contributed by atoms with van der Waals surface area (Å²) in [5, 5.41) is 10.9. The molecule has 0 spiro atoms. The van der Waals surface area contributed by atoms with Crippen LogP contribution in [0.25, 0.3) is 5.69 Å². The fourth-order valence-electron chi connectivity index (χ4n) is 2.71. The maximum Gasteiger partial charge on any atom is 0.275 e. The molecule has 0 unspecified atom stereocenters. The van der Waals surface area contributed by atoms with E-state index in [1.54, 1.807) is 0 Å². The number of rotatable bonds is 3. The third kappa shape index (κ3) is 2.89. The lowest BCUT2D eigenvalue weighted by molar-refractivity contribution is 0.0923. The predicted octanol–water partition coefficient (Wildman–Crippen LogP) is 1.91. The van der Waals surface area contributed by atoms with Gasteiger partial charge in [0.2, 0.25) is 0 Å². The average molecular weight is 285 g/mol. The molecule has 0 aliphatic heterocycles. The van der Waals surface area contributed by atoms with Gasteiger partial charge in [-0.3, -0.25) is 4.79 Å². The summed E-state index contributed by atoms with van der Waals surface area (Å²) in [5.74, 6) is 0.0380. The molecule has 1 fully saturated rings. The van der Waals surface area contributed by atoms with Gasteiger partial charge in [0.05, 0.1) is 5.69 Å². The van der Waals surface area contributed by atoms with Gasteiger partial charge in [0.15, 0.2) is 11.5 Å². The Morgan fingerprint density at radius 1 is 1.19 bits per heavy atom. The molecule has 2 aromatic rings. The molecular weight excluding hydrogens is 266 g/mol. The second-order valence-corrected chi connectivity index (χ2v) is 5.38. The Kier molecular flexibility index (Phi) is 3.85. The summed E-state index contributed by atoms with van der Waals surface area (Å²) in [6, 6.07) is 9.65. The van der Waals surface area contributed by atoms with Crippen molar-refractivity contribution in [1.82, 2.24) is 20.3 Å². The largest absolute Gasteiger partial charge is 0.382 e. The summed E-state index contributed by atoms with van der Waals surface area (Å²) in [6.07, 6.45) is 5.63. The number of nitrogens with one attached hydrogen (secondary N) is 1. The molecule has 3 N–H and O–H groups in total. The van der Waals surface area contributed by atoms with Gasteiger partial charge >= 0.3 is 0 Å². The first kappa shape index (κ1) is 13.6. The van der Waals surface area contributed by atoms with E-state index in [-0.39, 0.29) is 23.5 Å². The van der Waals surface area contributed by atoms with Crippen LogP contribution in [-0.2, 0) is 0 Å². The maximum atomic E-state index is 12.3. The zero-order chi connectivity index (χ0) is 14.7. The molecule has 21 heavy (non-hydrogen) atoms. The summed E-state index contributed by atoms with van der Waals surface area (Å²) < 4.78 is 1.48. The Balaban J connectivity index is 1.77. The quantitative estimate of drug-likeness (QED) is 0.902. The first-order valence-corrected chi connectivity index (χ1v) is 7.33. The molecule has 1 heterocycles. The third-order valence-corrected chi connectivity index (χ3v) is 3.86. The Morgan fingerprint density at radius 3 is 2.62 bits per heavy atom. The number of benzene rings is 1. The number of hydrogen-bond donors (Lipinski definition) is 2. The van der Waals surface area contributed by atoms with Crippen LogP contribution in [0.1, 0.15) is 42.6 Å². The second kappa shape index (κ2) is 5.95. The zero-order valence-electron chi connectivity index (χ0n) is 11.8. The Hall–Kier alpha value is -2.37. The van der Waals surface area contributed by atoms with Gasteiger partial charge in [0.25, 0.3) is 5.91 Å². The van der Waals surface area contributed by atoms with Crippen molar-refractivity contribution < 1.29 is 4.79 Å². The van der Waals surface area contributed by atoms with Gasteiger partial charge in [-0.05, 0) is 25.0 Å². The number of amides is 1. The number of carbonyl (C=O) groups is 1. The minimum atomic E-state index is -0.235.